The van der Waals surface area contributed by atoms with E-state index in [0.29, 0.717) is 44.7 Å². The fourth-order valence-electron chi connectivity index (χ4n) is 3.09. The molecular formula is C20H17ClFN3O3. The van der Waals surface area contributed by atoms with Crippen molar-refractivity contribution in [2.75, 3.05) is 12.1 Å². The number of carbonyl (C=O) groups is 1. The van der Waals surface area contributed by atoms with Gasteiger partial charge in [0, 0.05) is 16.1 Å². The number of nitrogens with zero attached hydrogens (tertiary/aromatic N) is 2. The summed E-state index contributed by atoms with van der Waals surface area (Å²) < 4.78 is 26.3. The minimum Gasteiger partial charge on any atom is -0.454 e. The summed E-state index contributed by atoms with van der Waals surface area (Å²) in [6.45, 7) is 3.90. The molecule has 0 radical (unpaired) electrons. The molecule has 0 saturated heterocycles. The number of anilines is 1. The van der Waals surface area contributed by atoms with Crippen LogP contribution >= 0.6 is 11.6 Å². The highest BCUT2D eigenvalue weighted by Crippen LogP contribution is 2.33. The zero-order valence-corrected chi connectivity index (χ0v) is 16.0. The predicted molar refractivity (Wildman–Crippen MR) is 103 cm³/mol. The molecule has 4 rings (SSSR count). The third-order valence-corrected chi connectivity index (χ3v) is 4.98. The van der Waals surface area contributed by atoms with Crippen LogP contribution in [0.2, 0.25) is 5.02 Å². The maximum atomic E-state index is 14.1. The smallest absolute Gasteiger partial charge is 0.255 e. The van der Waals surface area contributed by atoms with Crippen LogP contribution in [0.25, 0.3) is 0 Å². The molecule has 6 nitrogen and oxygen atoms in total. The van der Waals surface area contributed by atoms with Gasteiger partial charge in [-0.25, -0.2) is 4.39 Å². The molecule has 0 atom stereocenters. The fraction of sp³-hybridized carbons (Fsp3) is 0.200. The highest BCUT2D eigenvalue weighted by Gasteiger charge is 2.20. The van der Waals surface area contributed by atoms with E-state index in [2.05, 4.69) is 10.4 Å². The molecule has 1 aromatic heterocycles. The second kappa shape index (κ2) is 7.16. The lowest BCUT2D eigenvalue weighted by molar-refractivity contribution is 0.102. The molecule has 0 spiro atoms. The Kier molecular flexibility index (Phi) is 4.68. The maximum Gasteiger partial charge on any atom is 0.255 e. The number of amides is 1. The van der Waals surface area contributed by atoms with Crippen LogP contribution in [-0.4, -0.2) is 22.5 Å². The van der Waals surface area contributed by atoms with Crippen molar-refractivity contribution in [2.45, 2.75) is 20.4 Å². The summed E-state index contributed by atoms with van der Waals surface area (Å²) in [7, 11) is 0. The van der Waals surface area contributed by atoms with E-state index in [4.69, 9.17) is 21.1 Å². The number of ether oxygens (including phenoxy) is 2. The van der Waals surface area contributed by atoms with Crippen LogP contribution in [0.4, 0.5) is 10.1 Å². The third-order valence-electron chi connectivity index (χ3n) is 4.62. The number of fused-ring (bicyclic) bond motifs is 1. The molecule has 144 valence electrons. The summed E-state index contributed by atoms with van der Waals surface area (Å²) in [5.74, 6) is 0.448. The van der Waals surface area contributed by atoms with Gasteiger partial charge in [0.2, 0.25) is 6.79 Å². The Hall–Kier alpha value is -3.06. The van der Waals surface area contributed by atoms with Crippen LogP contribution in [0.3, 0.4) is 0 Å². The minimum absolute atomic E-state index is 0.143. The van der Waals surface area contributed by atoms with Gasteiger partial charge in [0.15, 0.2) is 11.5 Å². The highest BCUT2D eigenvalue weighted by molar-refractivity contribution is 6.31. The average molecular weight is 402 g/mol. The molecule has 8 heteroatoms. The number of aromatic nitrogens is 2. The summed E-state index contributed by atoms with van der Waals surface area (Å²) in [6, 6.07) is 9.53. The van der Waals surface area contributed by atoms with E-state index in [1.807, 2.05) is 6.92 Å². The number of hydrogen-bond acceptors (Lipinski definition) is 4. The molecule has 0 bridgehead atoms. The summed E-state index contributed by atoms with van der Waals surface area (Å²) in [5, 5.41) is 7.63. The van der Waals surface area contributed by atoms with Gasteiger partial charge >= 0.3 is 0 Å². The van der Waals surface area contributed by atoms with Crippen LogP contribution in [0.15, 0.2) is 36.4 Å². The van der Waals surface area contributed by atoms with Gasteiger partial charge in [-0.2, -0.15) is 5.10 Å². The van der Waals surface area contributed by atoms with E-state index in [-0.39, 0.29) is 19.2 Å². The molecule has 1 amide bonds. The number of halogens is 2. The van der Waals surface area contributed by atoms with Gasteiger partial charge in [-0.05, 0) is 44.2 Å². The molecule has 1 N–H and O–H groups in total. The number of carbonyl (C=O) groups excluding carboxylic acids is 1. The van der Waals surface area contributed by atoms with Crippen LogP contribution < -0.4 is 14.8 Å². The number of aryl methyl sites for hydroxylation is 1. The molecule has 1 aliphatic heterocycles. The fourth-order valence-corrected chi connectivity index (χ4v) is 3.31. The minimum atomic E-state index is -0.397. The van der Waals surface area contributed by atoms with Gasteiger partial charge in [-0.15, -0.1) is 0 Å². The van der Waals surface area contributed by atoms with E-state index < -0.39 is 5.82 Å². The standard InChI is InChI=1S/C20H17ClFN3O3/c1-11-19(23-20(26)13-6-7-17-18(8-13)28-10-27-17)12(2)25(24-11)9-14-15(21)4-3-5-16(14)22/h3-8H,9-10H2,1-2H3,(H,23,26). The Labute approximate surface area is 165 Å². The van der Waals surface area contributed by atoms with Crippen molar-refractivity contribution in [3.63, 3.8) is 0 Å². The molecule has 1 aliphatic rings. The van der Waals surface area contributed by atoms with E-state index in [9.17, 15) is 9.18 Å². The van der Waals surface area contributed by atoms with Crippen molar-refractivity contribution in [1.29, 1.82) is 0 Å². The van der Waals surface area contributed by atoms with E-state index in [1.54, 1.807) is 41.9 Å². The van der Waals surface area contributed by atoms with E-state index in [1.165, 1.54) is 6.07 Å². The van der Waals surface area contributed by atoms with Crippen LogP contribution in [-0.2, 0) is 6.54 Å². The Morgan fingerprint density at radius 1 is 1.25 bits per heavy atom. The number of hydrogen-bond donors (Lipinski definition) is 1. The van der Waals surface area contributed by atoms with Crippen molar-refractivity contribution >= 4 is 23.2 Å². The quantitative estimate of drug-likeness (QED) is 0.707. The van der Waals surface area contributed by atoms with Gasteiger partial charge < -0.3 is 14.8 Å². The number of rotatable bonds is 4. The van der Waals surface area contributed by atoms with Crippen LogP contribution in [0.5, 0.6) is 11.5 Å². The first-order chi connectivity index (χ1) is 13.4. The van der Waals surface area contributed by atoms with Crippen molar-refractivity contribution in [2.24, 2.45) is 0 Å². The van der Waals surface area contributed by atoms with Crippen molar-refractivity contribution in [1.82, 2.24) is 9.78 Å². The monoisotopic (exact) mass is 401 g/mol. The maximum absolute atomic E-state index is 14.1. The zero-order valence-electron chi connectivity index (χ0n) is 15.3. The van der Waals surface area contributed by atoms with Crippen LogP contribution in [0.1, 0.15) is 27.3 Å². The van der Waals surface area contributed by atoms with E-state index in [0.717, 1.165) is 0 Å². The molecule has 2 heterocycles. The SMILES string of the molecule is Cc1nn(Cc2c(F)cccc2Cl)c(C)c1NC(=O)c1ccc2c(c1)OCO2. The second-order valence-electron chi connectivity index (χ2n) is 6.43. The Bertz CT molecular complexity index is 1060. The van der Waals surface area contributed by atoms with Crippen molar-refractivity contribution < 1.29 is 18.7 Å². The van der Waals surface area contributed by atoms with E-state index >= 15 is 0 Å². The highest BCUT2D eigenvalue weighted by atomic mass is 35.5. The lowest BCUT2D eigenvalue weighted by atomic mass is 10.1. The Balaban J connectivity index is 1.58. The molecule has 3 aromatic rings. The lowest BCUT2D eigenvalue weighted by Gasteiger charge is -2.09. The first-order valence-electron chi connectivity index (χ1n) is 8.62. The summed E-state index contributed by atoms with van der Waals surface area (Å²) in [4.78, 5) is 12.7. The Morgan fingerprint density at radius 3 is 2.82 bits per heavy atom. The first-order valence-corrected chi connectivity index (χ1v) is 8.99. The normalized spacial score (nSPS) is 12.3. The largest absolute Gasteiger partial charge is 0.454 e. The molecular weight excluding hydrogens is 385 g/mol. The van der Waals surface area contributed by atoms with Gasteiger partial charge in [0.1, 0.15) is 5.82 Å². The third kappa shape index (κ3) is 3.29. The van der Waals surface area contributed by atoms with Gasteiger partial charge in [-0.1, -0.05) is 17.7 Å². The molecule has 0 fully saturated rings. The molecule has 0 saturated carbocycles. The second-order valence-corrected chi connectivity index (χ2v) is 6.83. The average Bonchev–Trinajstić information content (AvgIpc) is 3.24. The van der Waals surface area contributed by atoms with Gasteiger partial charge in [0.25, 0.3) is 5.91 Å². The molecule has 28 heavy (non-hydrogen) atoms. The Morgan fingerprint density at radius 2 is 2.04 bits per heavy atom. The topological polar surface area (TPSA) is 65.4 Å². The van der Waals surface area contributed by atoms with Crippen LogP contribution in [0, 0.1) is 19.7 Å². The first kappa shape index (κ1) is 18.3. The van der Waals surface area contributed by atoms with Crippen molar-refractivity contribution in [3.8, 4) is 11.5 Å². The molecule has 0 aliphatic carbocycles. The summed E-state index contributed by atoms with van der Waals surface area (Å²) in [6.07, 6.45) is 0. The van der Waals surface area contributed by atoms with Gasteiger partial charge in [-0.3, -0.25) is 9.48 Å². The zero-order chi connectivity index (χ0) is 19.8. The molecule has 0 unspecified atom stereocenters. The van der Waals surface area contributed by atoms with Crippen molar-refractivity contribution in [3.05, 3.63) is 69.8 Å². The van der Waals surface area contributed by atoms with Gasteiger partial charge in [0.05, 0.1) is 23.6 Å². The summed E-state index contributed by atoms with van der Waals surface area (Å²) in [5.41, 5.74) is 2.69. The lowest BCUT2D eigenvalue weighted by Crippen LogP contribution is -2.13. The molecule has 2 aromatic carbocycles. The number of nitrogens with one attached hydrogen (secondary N) is 1. The predicted octanol–water partition coefficient (Wildman–Crippen LogP) is 4.32. The number of benzene rings is 2. The summed E-state index contributed by atoms with van der Waals surface area (Å²) >= 11 is 6.12.